The molecule has 2 aliphatic carbocycles. The quantitative estimate of drug-likeness (QED) is 0.629. The first-order valence-electron chi connectivity index (χ1n) is 7.47. The maximum atomic E-state index is 11.6. The zero-order chi connectivity index (χ0) is 14.8. The molecule has 0 radical (unpaired) electrons. The van der Waals surface area contributed by atoms with Gasteiger partial charge in [0.05, 0.1) is 6.61 Å². The molecule has 0 bridgehead atoms. The lowest BCUT2D eigenvalue weighted by atomic mass is 10.1. The van der Waals surface area contributed by atoms with Crippen molar-refractivity contribution in [2.45, 2.75) is 44.8 Å². The number of rotatable bonds is 3. The van der Waals surface area contributed by atoms with E-state index in [2.05, 4.69) is 11.8 Å². The molecule has 1 N–H and O–H groups in total. The first-order valence-corrected chi connectivity index (χ1v) is 7.47. The van der Waals surface area contributed by atoms with E-state index in [4.69, 9.17) is 9.57 Å². The zero-order valence-corrected chi connectivity index (χ0v) is 11.8. The second-order valence-electron chi connectivity index (χ2n) is 5.81. The molecule has 0 aromatic heterocycles. The highest BCUT2D eigenvalue weighted by Gasteiger charge is 2.49. The van der Waals surface area contributed by atoms with Gasteiger partial charge in [0.1, 0.15) is 0 Å². The number of carbonyl (C=O) groups is 2. The van der Waals surface area contributed by atoms with Crippen molar-refractivity contribution in [3.63, 3.8) is 0 Å². The van der Waals surface area contributed by atoms with E-state index in [1.807, 2.05) is 0 Å². The Morgan fingerprint density at radius 1 is 1.24 bits per heavy atom. The third kappa shape index (κ3) is 3.13. The number of hydrogen-bond donors (Lipinski definition) is 1. The molecular weight excluding hydrogens is 274 g/mol. The van der Waals surface area contributed by atoms with E-state index < -0.39 is 18.3 Å². The monoisotopic (exact) mass is 293 g/mol. The number of hydrogen-bond acceptors (Lipinski definition) is 5. The molecule has 4 atom stereocenters. The summed E-state index contributed by atoms with van der Waals surface area (Å²) >= 11 is 0. The summed E-state index contributed by atoms with van der Waals surface area (Å²) in [7, 11) is 0. The minimum Gasteiger partial charge on any atom is -0.432 e. The zero-order valence-electron chi connectivity index (χ0n) is 11.8. The summed E-state index contributed by atoms with van der Waals surface area (Å²) in [4.78, 5) is 27.7. The van der Waals surface area contributed by atoms with Crippen molar-refractivity contribution in [1.82, 2.24) is 5.06 Å². The number of carbonyl (C=O) groups excluding carboxylic acids is 2. The molecule has 2 fully saturated rings. The highest BCUT2D eigenvalue weighted by atomic mass is 16.8. The standard InChI is InChI=1S/C15H19NO5/c17-13-7-8-14(18)16(13)21-15(19)20-9-12-10-5-3-1-2-4-6-11(10)12/h10-13,17H,3-9H2/t10-,11+,12-,13?. The van der Waals surface area contributed by atoms with E-state index >= 15 is 0 Å². The topological polar surface area (TPSA) is 76.1 Å². The lowest BCUT2D eigenvalue weighted by Gasteiger charge is -2.18. The smallest absolute Gasteiger partial charge is 0.432 e. The van der Waals surface area contributed by atoms with E-state index in [1.54, 1.807) is 0 Å². The molecule has 1 saturated carbocycles. The Morgan fingerprint density at radius 2 is 1.90 bits per heavy atom. The first kappa shape index (κ1) is 14.2. The minimum atomic E-state index is -1.06. The molecule has 1 aliphatic heterocycles. The van der Waals surface area contributed by atoms with Crippen LogP contribution in [0.15, 0.2) is 0 Å². The average molecular weight is 293 g/mol. The van der Waals surface area contributed by atoms with Gasteiger partial charge in [0.25, 0.3) is 5.91 Å². The van der Waals surface area contributed by atoms with Crippen molar-refractivity contribution in [2.75, 3.05) is 6.61 Å². The lowest BCUT2D eigenvalue weighted by molar-refractivity contribution is -0.199. The van der Waals surface area contributed by atoms with Crippen LogP contribution in [0, 0.1) is 29.6 Å². The molecule has 0 aromatic carbocycles. The van der Waals surface area contributed by atoms with Crippen LogP contribution < -0.4 is 0 Å². The van der Waals surface area contributed by atoms with Crippen LogP contribution in [-0.2, 0) is 14.4 Å². The van der Waals surface area contributed by atoms with Crippen LogP contribution in [0.5, 0.6) is 0 Å². The maximum Gasteiger partial charge on any atom is 0.533 e. The van der Waals surface area contributed by atoms with Gasteiger partial charge in [-0.3, -0.25) is 4.79 Å². The Bertz CT molecular complexity index is 476. The number of amides is 1. The van der Waals surface area contributed by atoms with Gasteiger partial charge in [-0.15, -0.1) is 16.9 Å². The maximum absolute atomic E-state index is 11.6. The molecule has 1 unspecified atom stereocenters. The fourth-order valence-electron chi connectivity index (χ4n) is 3.31. The van der Waals surface area contributed by atoms with Crippen molar-refractivity contribution < 1.29 is 24.3 Å². The predicted octanol–water partition coefficient (Wildman–Crippen LogP) is 1.43. The van der Waals surface area contributed by atoms with Crippen LogP contribution in [0.1, 0.15) is 38.5 Å². The van der Waals surface area contributed by atoms with E-state index in [9.17, 15) is 14.7 Å². The Kier molecular flexibility index (Phi) is 4.02. The van der Waals surface area contributed by atoms with Crippen LogP contribution >= 0.6 is 0 Å². The second kappa shape index (κ2) is 5.94. The fraction of sp³-hybridized carbons (Fsp3) is 0.733. The van der Waals surface area contributed by atoms with Gasteiger partial charge in [-0.2, -0.15) is 0 Å². The predicted molar refractivity (Wildman–Crippen MR) is 71.2 cm³/mol. The summed E-state index contributed by atoms with van der Waals surface area (Å²) in [6.45, 7) is 0.312. The number of aliphatic hydroxyl groups excluding tert-OH is 1. The lowest BCUT2D eigenvalue weighted by Crippen LogP contribution is -2.35. The van der Waals surface area contributed by atoms with Crippen molar-refractivity contribution in [3.8, 4) is 11.8 Å². The third-order valence-corrected chi connectivity index (χ3v) is 4.54. The number of aliphatic hydroxyl groups is 1. The van der Waals surface area contributed by atoms with E-state index in [0.29, 0.717) is 29.4 Å². The summed E-state index contributed by atoms with van der Waals surface area (Å²) in [6, 6.07) is 0. The van der Waals surface area contributed by atoms with Crippen molar-refractivity contribution in [3.05, 3.63) is 0 Å². The Balaban J connectivity index is 1.42. The molecule has 21 heavy (non-hydrogen) atoms. The number of ether oxygens (including phenoxy) is 1. The molecule has 6 nitrogen and oxygen atoms in total. The SMILES string of the molecule is O=C(OC[C@@H]1[C@@H]2CCC#CCC[C@@H]21)ON1C(=O)CCC1O. The molecule has 6 heteroatoms. The summed E-state index contributed by atoms with van der Waals surface area (Å²) in [5.41, 5.74) is 0. The van der Waals surface area contributed by atoms with Crippen LogP contribution in [0.25, 0.3) is 0 Å². The highest BCUT2D eigenvalue weighted by Crippen LogP contribution is 2.52. The number of hydroxylamine groups is 2. The third-order valence-electron chi connectivity index (χ3n) is 4.54. The normalized spacial score (nSPS) is 34.1. The molecule has 3 rings (SSSR count). The molecule has 0 aromatic rings. The van der Waals surface area contributed by atoms with Crippen LogP contribution in [0.2, 0.25) is 0 Å². The fourth-order valence-corrected chi connectivity index (χ4v) is 3.31. The van der Waals surface area contributed by atoms with E-state index in [-0.39, 0.29) is 12.8 Å². The average Bonchev–Trinajstić information content (AvgIpc) is 2.98. The summed E-state index contributed by atoms with van der Waals surface area (Å²) in [5, 5.41) is 10.2. The molecule has 1 amide bonds. The van der Waals surface area contributed by atoms with Gasteiger partial charge in [-0.05, 0) is 30.6 Å². The molecule has 1 saturated heterocycles. The highest BCUT2D eigenvalue weighted by molar-refractivity contribution is 5.78. The van der Waals surface area contributed by atoms with Gasteiger partial charge in [-0.25, -0.2) is 4.79 Å². The molecular formula is C15H19NO5. The van der Waals surface area contributed by atoms with E-state index in [0.717, 1.165) is 25.7 Å². The molecule has 0 spiro atoms. The first-order chi connectivity index (χ1) is 10.2. The summed E-state index contributed by atoms with van der Waals surface area (Å²) in [6.07, 6.45) is 2.43. The molecule has 3 aliphatic rings. The summed E-state index contributed by atoms with van der Waals surface area (Å²) in [5.74, 6) is 7.42. The summed E-state index contributed by atoms with van der Waals surface area (Å²) < 4.78 is 5.09. The number of fused-ring (bicyclic) bond motifs is 1. The Hall–Kier alpha value is -1.74. The van der Waals surface area contributed by atoms with Crippen LogP contribution in [0.3, 0.4) is 0 Å². The molecule has 114 valence electrons. The van der Waals surface area contributed by atoms with Crippen LogP contribution in [-0.4, -0.2) is 35.1 Å². The Morgan fingerprint density at radius 3 is 2.48 bits per heavy atom. The van der Waals surface area contributed by atoms with Crippen molar-refractivity contribution in [2.24, 2.45) is 17.8 Å². The van der Waals surface area contributed by atoms with Gasteiger partial charge in [0.15, 0.2) is 6.23 Å². The van der Waals surface area contributed by atoms with Crippen molar-refractivity contribution >= 4 is 12.1 Å². The largest absolute Gasteiger partial charge is 0.533 e. The van der Waals surface area contributed by atoms with E-state index in [1.165, 1.54) is 0 Å². The van der Waals surface area contributed by atoms with Crippen LogP contribution in [0.4, 0.5) is 4.79 Å². The van der Waals surface area contributed by atoms with Gasteiger partial charge in [-0.1, -0.05) is 0 Å². The van der Waals surface area contributed by atoms with Gasteiger partial charge >= 0.3 is 6.16 Å². The number of nitrogens with zero attached hydrogens (tertiary/aromatic N) is 1. The van der Waals surface area contributed by atoms with Gasteiger partial charge in [0.2, 0.25) is 0 Å². The minimum absolute atomic E-state index is 0.182. The molecule has 1 heterocycles. The Labute approximate surface area is 123 Å². The van der Waals surface area contributed by atoms with Gasteiger partial charge in [0, 0.05) is 25.7 Å². The van der Waals surface area contributed by atoms with Crippen molar-refractivity contribution in [1.29, 1.82) is 0 Å². The second-order valence-corrected chi connectivity index (χ2v) is 5.81. The van der Waals surface area contributed by atoms with Gasteiger partial charge < -0.3 is 14.7 Å².